The van der Waals surface area contributed by atoms with Crippen molar-refractivity contribution in [3.8, 4) is 5.88 Å². The fourth-order valence-electron chi connectivity index (χ4n) is 1.43. The molecule has 1 aromatic heterocycles. The van der Waals surface area contributed by atoms with E-state index in [9.17, 15) is 4.79 Å². The Balaban J connectivity index is 2.61. The first-order chi connectivity index (χ1) is 8.19. The number of nitrogens with two attached hydrogens (primary N) is 1. The number of nitrogens with zero attached hydrogens (tertiary/aromatic N) is 1. The van der Waals surface area contributed by atoms with E-state index in [1.165, 1.54) is 7.11 Å². The number of amides is 1. The van der Waals surface area contributed by atoms with Crippen LogP contribution in [0.3, 0.4) is 0 Å². The summed E-state index contributed by atoms with van der Waals surface area (Å²) < 4.78 is 5.04. The normalized spacial score (nSPS) is 11.9. The lowest BCUT2D eigenvalue weighted by molar-refractivity contribution is -0.117. The first-order valence-electron chi connectivity index (χ1n) is 5.74. The van der Waals surface area contributed by atoms with E-state index in [1.807, 2.05) is 0 Å². The van der Waals surface area contributed by atoms with Gasteiger partial charge < -0.3 is 15.8 Å². The Labute approximate surface area is 101 Å². The fraction of sp³-hybridized carbons (Fsp3) is 0.500. The maximum atomic E-state index is 11.8. The Hall–Kier alpha value is -1.62. The molecule has 0 aromatic carbocycles. The predicted octanol–water partition coefficient (Wildman–Crippen LogP) is 1.55. The van der Waals surface area contributed by atoms with Crippen LogP contribution in [0.15, 0.2) is 18.3 Å². The zero-order valence-electron chi connectivity index (χ0n) is 10.3. The van der Waals surface area contributed by atoms with Gasteiger partial charge in [0, 0.05) is 6.20 Å². The highest BCUT2D eigenvalue weighted by Crippen LogP contribution is 2.19. The van der Waals surface area contributed by atoms with Gasteiger partial charge in [-0.1, -0.05) is 19.8 Å². The molecule has 94 valence electrons. The van der Waals surface area contributed by atoms with E-state index in [1.54, 1.807) is 18.3 Å². The zero-order valence-corrected chi connectivity index (χ0v) is 10.3. The van der Waals surface area contributed by atoms with Crippen molar-refractivity contribution in [2.24, 2.45) is 5.73 Å². The Morgan fingerprint density at radius 3 is 3.06 bits per heavy atom. The summed E-state index contributed by atoms with van der Waals surface area (Å²) >= 11 is 0. The van der Waals surface area contributed by atoms with E-state index in [-0.39, 0.29) is 5.91 Å². The average molecular weight is 237 g/mol. The van der Waals surface area contributed by atoms with Crippen LogP contribution in [-0.4, -0.2) is 24.0 Å². The van der Waals surface area contributed by atoms with Gasteiger partial charge in [-0.05, 0) is 18.6 Å². The highest BCUT2D eigenvalue weighted by Gasteiger charge is 2.14. The lowest BCUT2D eigenvalue weighted by atomic mass is 10.1. The number of pyridine rings is 1. The maximum Gasteiger partial charge on any atom is 0.241 e. The van der Waals surface area contributed by atoms with Crippen LogP contribution in [-0.2, 0) is 4.79 Å². The molecule has 0 aliphatic heterocycles. The van der Waals surface area contributed by atoms with E-state index < -0.39 is 6.04 Å². The zero-order chi connectivity index (χ0) is 12.7. The molecule has 1 rings (SSSR count). The lowest BCUT2D eigenvalue weighted by Crippen LogP contribution is -2.35. The molecule has 0 aliphatic rings. The molecule has 1 amide bonds. The fourth-order valence-corrected chi connectivity index (χ4v) is 1.43. The largest absolute Gasteiger partial charge is 0.480 e. The van der Waals surface area contributed by atoms with Gasteiger partial charge in [-0.25, -0.2) is 4.98 Å². The highest BCUT2D eigenvalue weighted by molar-refractivity contribution is 5.95. The minimum atomic E-state index is -0.486. The Kier molecular flexibility index (Phi) is 5.42. The highest BCUT2D eigenvalue weighted by atomic mass is 16.5. The number of carbonyl (C=O) groups excluding carboxylic acids is 1. The van der Waals surface area contributed by atoms with E-state index >= 15 is 0 Å². The van der Waals surface area contributed by atoms with Gasteiger partial charge >= 0.3 is 0 Å². The summed E-state index contributed by atoms with van der Waals surface area (Å²) in [5.41, 5.74) is 6.32. The molecule has 5 heteroatoms. The van der Waals surface area contributed by atoms with Crippen molar-refractivity contribution in [1.29, 1.82) is 0 Å². The summed E-state index contributed by atoms with van der Waals surface area (Å²) in [5, 5.41) is 2.72. The molecule has 1 atom stereocenters. The summed E-state index contributed by atoms with van der Waals surface area (Å²) in [6.45, 7) is 2.06. The van der Waals surface area contributed by atoms with Crippen molar-refractivity contribution in [2.75, 3.05) is 12.4 Å². The number of hydrogen-bond donors (Lipinski definition) is 2. The molecule has 0 spiro atoms. The smallest absolute Gasteiger partial charge is 0.241 e. The van der Waals surface area contributed by atoms with Gasteiger partial charge in [0.2, 0.25) is 11.8 Å². The van der Waals surface area contributed by atoms with Crippen LogP contribution >= 0.6 is 0 Å². The first kappa shape index (κ1) is 13.4. The van der Waals surface area contributed by atoms with Crippen molar-refractivity contribution < 1.29 is 9.53 Å². The van der Waals surface area contributed by atoms with Gasteiger partial charge in [0.15, 0.2) is 0 Å². The quantitative estimate of drug-likeness (QED) is 0.787. The van der Waals surface area contributed by atoms with Crippen LogP contribution in [0.2, 0.25) is 0 Å². The number of hydrogen-bond acceptors (Lipinski definition) is 4. The van der Waals surface area contributed by atoms with Crippen molar-refractivity contribution >= 4 is 11.6 Å². The molecular formula is C12H19N3O2. The summed E-state index contributed by atoms with van der Waals surface area (Å²) in [6, 6.07) is 2.98. The molecule has 0 saturated heterocycles. The van der Waals surface area contributed by atoms with Gasteiger partial charge in [0.25, 0.3) is 0 Å². The first-order valence-corrected chi connectivity index (χ1v) is 5.74. The van der Waals surface area contributed by atoms with Gasteiger partial charge in [-0.3, -0.25) is 4.79 Å². The Bertz CT molecular complexity index is 369. The van der Waals surface area contributed by atoms with E-state index in [2.05, 4.69) is 17.2 Å². The second-order valence-corrected chi connectivity index (χ2v) is 3.80. The van der Waals surface area contributed by atoms with E-state index in [4.69, 9.17) is 10.5 Å². The standard InChI is InChI=1S/C12H19N3O2/c1-3-4-6-9(13)11(16)15-10-7-5-8-14-12(10)17-2/h5,7-9H,3-4,6,13H2,1-2H3,(H,15,16). The molecule has 3 N–H and O–H groups in total. The predicted molar refractivity (Wildman–Crippen MR) is 66.9 cm³/mol. The molecule has 0 fully saturated rings. The molecule has 1 aromatic rings. The molecule has 0 aliphatic carbocycles. The minimum Gasteiger partial charge on any atom is -0.480 e. The van der Waals surface area contributed by atoms with Crippen LogP contribution in [0.25, 0.3) is 0 Å². The van der Waals surface area contributed by atoms with Crippen LogP contribution in [0.4, 0.5) is 5.69 Å². The number of ether oxygens (including phenoxy) is 1. The van der Waals surface area contributed by atoms with Crippen LogP contribution in [0.1, 0.15) is 26.2 Å². The molecule has 0 bridgehead atoms. The average Bonchev–Trinajstić information content (AvgIpc) is 2.36. The van der Waals surface area contributed by atoms with Crippen LogP contribution < -0.4 is 15.8 Å². The number of anilines is 1. The van der Waals surface area contributed by atoms with Crippen molar-refractivity contribution in [3.63, 3.8) is 0 Å². The Morgan fingerprint density at radius 1 is 1.65 bits per heavy atom. The Morgan fingerprint density at radius 2 is 2.41 bits per heavy atom. The molecule has 5 nitrogen and oxygen atoms in total. The van der Waals surface area contributed by atoms with Crippen molar-refractivity contribution in [2.45, 2.75) is 32.2 Å². The van der Waals surface area contributed by atoms with Crippen molar-refractivity contribution in [1.82, 2.24) is 4.98 Å². The SMILES string of the molecule is CCCCC(N)C(=O)Nc1cccnc1OC. The van der Waals surface area contributed by atoms with E-state index in [0.717, 1.165) is 12.8 Å². The molecule has 0 saturated carbocycles. The van der Waals surface area contributed by atoms with E-state index in [0.29, 0.717) is 18.0 Å². The molecular weight excluding hydrogens is 218 g/mol. The van der Waals surface area contributed by atoms with Gasteiger partial charge in [-0.15, -0.1) is 0 Å². The lowest BCUT2D eigenvalue weighted by Gasteiger charge is -2.13. The number of nitrogens with one attached hydrogen (secondary N) is 1. The second kappa shape index (κ2) is 6.85. The summed E-state index contributed by atoms with van der Waals surface area (Å²) in [6.07, 6.45) is 4.26. The van der Waals surface area contributed by atoms with Gasteiger partial charge in [-0.2, -0.15) is 0 Å². The van der Waals surface area contributed by atoms with Crippen LogP contribution in [0.5, 0.6) is 5.88 Å². The van der Waals surface area contributed by atoms with Gasteiger partial charge in [0.05, 0.1) is 13.2 Å². The van der Waals surface area contributed by atoms with Crippen molar-refractivity contribution in [3.05, 3.63) is 18.3 Å². The van der Waals surface area contributed by atoms with Gasteiger partial charge in [0.1, 0.15) is 5.69 Å². The second-order valence-electron chi connectivity index (χ2n) is 3.80. The molecule has 17 heavy (non-hydrogen) atoms. The third kappa shape index (κ3) is 4.03. The third-order valence-electron chi connectivity index (χ3n) is 2.43. The monoisotopic (exact) mass is 237 g/mol. The molecule has 1 unspecified atom stereocenters. The molecule has 1 heterocycles. The minimum absolute atomic E-state index is 0.204. The third-order valence-corrected chi connectivity index (χ3v) is 2.43. The number of methoxy groups -OCH3 is 1. The van der Waals surface area contributed by atoms with Crippen LogP contribution in [0, 0.1) is 0 Å². The topological polar surface area (TPSA) is 77.2 Å². The summed E-state index contributed by atoms with van der Waals surface area (Å²) in [5.74, 6) is 0.188. The number of unbranched alkanes of at least 4 members (excludes halogenated alkanes) is 1. The summed E-state index contributed by atoms with van der Waals surface area (Å²) in [7, 11) is 1.51. The number of carbonyl (C=O) groups is 1. The number of rotatable bonds is 6. The number of aromatic nitrogens is 1. The molecule has 0 radical (unpaired) electrons. The summed E-state index contributed by atoms with van der Waals surface area (Å²) in [4.78, 5) is 15.8. The maximum absolute atomic E-state index is 11.8.